The first-order chi connectivity index (χ1) is 12.8. The van der Waals surface area contributed by atoms with Gasteiger partial charge in [0.05, 0.1) is 4.88 Å². The summed E-state index contributed by atoms with van der Waals surface area (Å²) >= 11 is 1.64. The molecule has 1 fully saturated rings. The first-order valence-electron chi connectivity index (χ1n) is 8.82. The average molecular weight is 364 g/mol. The SMILES string of the molecule is O=C(c1ccccn1)C1CCCN(Cc2cnc(-c3cccs3)nc2)C1. The van der Waals surface area contributed by atoms with Crippen LogP contribution in [0.3, 0.4) is 0 Å². The van der Waals surface area contributed by atoms with Gasteiger partial charge in [0.25, 0.3) is 0 Å². The summed E-state index contributed by atoms with van der Waals surface area (Å²) in [5.41, 5.74) is 1.65. The lowest BCUT2D eigenvalue weighted by molar-refractivity contribution is 0.0806. The highest BCUT2D eigenvalue weighted by Crippen LogP contribution is 2.23. The van der Waals surface area contributed by atoms with Crippen LogP contribution in [-0.4, -0.2) is 38.7 Å². The molecule has 0 aromatic carbocycles. The average Bonchev–Trinajstić information content (AvgIpc) is 3.24. The maximum atomic E-state index is 12.7. The zero-order valence-electron chi connectivity index (χ0n) is 14.4. The molecule has 0 bridgehead atoms. The van der Waals surface area contributed by atoms with E-state index >= 15 is 0 Å². The van der Waals surface area contributed by atoms with E-state index in [1.807, 2.05) is 42.0 Å². The van der Waals surface area contributed by atoms with Crippen LogP contribution < -0.4 is 0 Å². The van der Waals surface area contributed by atoms with Crippen molar-refractivity contribution in [3.63, 3.8) is 0 Å². The molecule has 132 valence electrons. The van der Waals surface area contributed by atoms with E-state index in [1.54, 1.807) is 23.6 Å². The van der Waals surface area contributed by atoms with Crippen molar-refractivity contribution in [2.75, 3.05) is 13.1 Å². The van der Waals surface area contributed by atoms with Crippen LogP contribution in [-0.2, 0) is 6.54 Å². The van der Waals surface area contributed by atoms with E-state index in [0.717, 1.165) is 48.7 Å². The highest BCUT2D eigenvalue weighted by Gasteiger charge is 2.27. The Morgan fingerprint density at radius 3 is 2.77 bits per heavy atom. The summed E-state index contributed by atoms with van der Waals surface area (Å²) in [6.07, 6.45) is 7.43. The predicted octanol–water partition coefficient (Wildman–Crippen LogP) is 3.70. The number of piperidine rings is 1. The van der Waals surface area contributed by atoms with Crippen LogP contribution in [0.2, 0.25) is 0 Å². The van der Waals surface area contributed by atoms with Crippen molar-refractivity contribution in [3.8, 4) is 10.7 Å². The number of ketones is 1. The normalized spacial score (nSPS) is 17.9. The molecule has 0 aliphatic carbocycles. The van der Waals surface area contributed by atoms with E-state index < -0.39 is 0 Å². The van der Waals surface area contributed by atoms with Gasteiger partial charge in [0.1, 0.15) is 5.69 Å². The molecule has 4 heterocycles. The molecule has 5 nitrogen and oxygen atoms in total. The van der Waals surface area contributed by atoms with Crippen molar-refractivity contribution < 1.29 is 4.79 Å². The molecule has 3 aromatic rings. The second kappa shape index (κ2) is 7.85. The fraction of sp³-hybridized carbons (Fsp3) is 0.300. The van der Waals surface area contributed by atoms with Gasteiger partial charge in [-0.2, -0.15) is 0 Å². The van der Waals surface area contributed by atoms with Gasteiger partial charge in [0, 0.05) is 43.2 Å². The van der Waals surface area contributed by atoms with Gasteiger partial charge in [-0.25, -0.2) is 9.97 Å². The molecule has 0 saturated carbocycles. The van der Waals surface area contributed by atoms with E-state index in [1.165, 1.54) is 0 Å². The lowest BCUT2D eigenvalue weighted by atomic mass is 9.92. The zero-order chi connectivity index (χ0) is 17.8. The summed E-state index contributed by atoms with van der Waals surface area (Å²) < 4.78 is 0. The van der Waals surface area contributed by atoms with Crippen LogP contribution >= 0.6 is 11.3 Å². The van der Waals surface area contributed by atoms with Crippen molar-refractivity contribution in [1.82, 2.24) is 19.9 Å². The van der Waals surface area contributed by atoms with Crippen molar-refractivity contribution in [3.05, 3.63) is 65.6 Å². The number of nitrogens with zero attached hydrogens (tertiary/aromatic N) is 4. The summed E-state index contributed by atoms with van der Waals surface area (Å²) in [4.78, 5) is 29.2. The third kappa shape index (κ3) is 3.86. The van der Waals surface area contributed by atoms with Gasteiger partial charge in [-0.3, -0.25) is 14.7 Å². The van der Waals surface area contributed by atoms with Gasteiger partial charge in [-0.1, -0.05) is 12.1 Å². The van der Waals surface area contributed by atoms with Crippen molar-refractivity contribution in [2.24, 2.45) is 5.92 Å². The van der Waals surface area contributed by atoms with Crippen LogP contribution in [0.15, 0.2) is 54.3 Å². The smallest absolute Gasteiger partial charge is 0.185 e. The third-order valence-corrected chi connectivity index (χ3v) is 5.51. The van der Waals surface area contributed by atoms with Crippen LogP contribution in [0.25, 0.3) is 10.7 Å². The molecule has 0 amide bonds. The quantitative estimate of drug-likeness (QED) is 0.646. The van der Waals surface area contributed by atoms with Crippen LogP contribution in [0.4, 0.5) is 0 Å². The van der Waals surface area contributed by atoms with Gasteiger partial charge in [0.15, 0.2) is 11.6 Å². The largest absolute Gasteiger partial charge is 0.298 e. The van der Waals surface area contributed by atoms with E-state index in [2.05, 4.69) is 19.9 Å². The van der Waals surface area contributed by atoms with Crippen molar-refractivity contribution >= 4 is 17.1 Å². The first-order valence-corrected chi connectivity index (χ1v) is 9.70. The molecule has 1 atom stereocenters. The Kier molecular flexibility index (Phi) is 5.13. The number of rotatable bonds is 5. The third-order valence-electron chi connectivity index (χ3n) is 4.65. The number of Topliss-reactive ketones (excluding diaryl/α,β-unsaturated/α-hetero) is 1. The number of hydrogen-bond acceptors (Lipinski definition) is 6. The molecule has 0 spiro atoms. The summed E-state index contributed by atoms with van der Waals surface area (Å²) in [7, 11) is 0. The van der Waals surface area contributed by atoms with Crippen LogP contribution in [0.1, 0.15) is 28.9 Å². The molecule has 0 N–H and O–H groups in total. The number of hydrogen-bond donors (Lipinski definition) is 0. The van der Waals surface area contributed by atoms with Crippen LogP contribution in [0.5, 0.6) is 0 Å². The second-order valence-corrected chi connectivity index (χ2v) is 7.49. The molecule has 6 heteroatoms. The number of carbonyl (C=O) groups excluding carboxylic acids is 1. The molecule has 1 saturated heterocycles. The minimum Gasteiger partial charge on any atom is -0.298 e. The van der Waals surface area contributed by atoms with Gasteiger partial charge in [-0.05, 0) is 43.0 Å². The minimum atomic E-state index is 0.0185. The topological polar surface area (TPSA) is 59.0 Å². The molecule has 1 aliphatic rings. The number of likely N-dealkylation sites (tertiary alicyclic amines) is 1. The molecule has 26 heavy (non-hydrogen) atoms. The molecule has 0 radical (unpaired) electrons. The molecule has 3 aromatic heterocycles. The second-order valence-electron chi connectivity index (χ2n) is 6.55. The predicted molar refractivity (Wildman–Crippen MR) is 102 cm³/mol. The van der Waals surface area contributed by atoms with E-state index in [-0.39, 0.29) is 11.7 Å². The Morgan fingerprint density at radius 1 is 1.15 bits per heavy atom. The molecule has 1 unspecified atom stereocenters. The highest BCUT2D eigenvalue weighted by molar-refractivity contribution is 7.13. The Balaban J connectivity index is 1.40. The number of aromatic nitrogens is 3. The molecular formula is C20H20N4OS. The molecule has 4 rings (SSSR count). The maximum Gasteiger partial charge on any atom is 0.185 e. The zero-order valence-corrected chi connectivity index (χ0v) is 15.2. The first kappa shape index (κ1) is 17.0. The van der Waals surface area contributed by atoms with Crippen molar-refractivity contribution in [2.45, 2.75) is 19.4 Å². The fourth-order valence-corrected chi connectivity index (χ4v) is 4.03. The lowest BCUT2D eigenvalue weighted by Crippen LogP contribution is -2.38. The number of pyridine rings is 1. The Hall–Kier alpha value is -2.44. The molecule has 1 aliphatic heterocycles. The highest BCUT2D eigenvalue weighted by atomic mass is 32.1. The van der Waals surface area contributed by atoms with Crippen LogP contribution in [0, 0.1) is 5.92 Å². The van der Waals surface area contributed by atoms with Gasteiger partial charge >= 0.3 is 0 Å². The van der Waals surface area contributed by atoms with E-state index in [4.69, 9.17) is 0 Å². The number of thiophene rings is 1. The number of carbonyl (C=O) groups is 1. The monoisotopic (exact) mass is 364 g/mol. The van der Waals surface area contributed by atoms with Gasteiger partial charge < -0.3 is 0 Å². The van der Waals surface area contributed by atoms with Gasteiger partial charge in [0.2, 0.25) is 0 Å². The summed E-state index contributed by atoms with van der Waals surface area (Å²) in [6, 6.07) is 9.54. The maximum absolute atomic E-state index is 12.7. The lowest BCUT2D eigenvalue weighted by Gasteiger charge is -2.31. The molecular weight excluding hydrogens is 344 g/mol. The summed E-state index contributed by atoms with van der Waals surface area (Å²) in [5, 5.41) is 2.03. The Morgan fingerprint density at radius 2 is 2.04 bits per heavy atom. The van der Waals surface area contributed by atoms with Gasteiger partial charge in [-0.15, -0.1) is 11.3 Å². The fourth-order valence-electron chi connectivity index (χ4n) is 3.36. The summed E-state index contributed by atoms with van der Waals surface area (Å²) in [6.45, 7) is 2.54. The Bertz CT molecular complexity index is 849. The van der Waals surface area contributed by atoms with E-state index in [9.17, 15) is 4.79 Å². The Labute approximate surface area is 156 Å². The van der Waals surface area contributed by atoms with E-state index in [0.29, 0.717) is 5.69 Å². The standard InChI is InChI=1S/C20H20N4OS/c25-19(17-6-1-2-8-21-17)16-5-3-9-24(14-16)13-15-11-22-20(23-12-15)18-7-4-10-26-18/h1-2,4,6-8,10-12,16H,3,5,9,13-14H2. The minimum absolute atomic E-state index is 0.0185. The summed E-state index contributed by atoms with van der Waals surface area (Å²) in [5.74, 6) is 0.940. The van der Waals surface area contributed by atoms with Crippen molar-refractivity contribution in [1.29, 1.82) is 0 Å².